The van der Waals surface area contributed by atoms with Gasteiger partial charge >= 0.3 is 0 Å². The Bertz CT molecular complexity index is 953. The van der Waals surface area contributed by atoms with Crippen LogP contribution in [0.5, 0.6) is 5.75 Å². The fourth-order valence-electron chi connectivity index (χ4n) is 2.58. The molecule has 0 aliphatic rings. The molecule has 0 bridgehead atoms. The Balaban J connectivity index is 1.97. The summed E-state index contributed by atoms with van der Waals surface area (Å²) in [6.07, 6.45) is 0.0430. The Morgan fingerprint density at radius 3 is 2.32 bits per heavy atom. The zero-order chi connectivity index (χ0) is 20.7. The quantitative estimate of drug-likeness (QED) is 0.626. The molecule has 0 spiro atoms. The van der Waals surface area contributed by atoms with E-state index in [1.807, 2.05) is 6.92 Å². The molecule has 2 aromatic carbocycles. The van der Waals surface area contributed by atoms with Crippen molar-refractivity contribution in [3.8, 4) is 5.75 Å². The summed E-state index contributed by atoms with van der Waals surface area (Å²) in [4.78, 5) is 24.5. The molecule has 2 aromatic rings. The predicted molar refractivity (Wildman–Crippen MR) is 107 cm³/mol. The van der Waals surface area contributed by atoms with Crippen LogP contribution in [-0.2, 0) is 14.8 Å². The average Bonchev–Trinajstić information content (AvgIpc) is 2.68. The molecule has 0 aliphatic heterocycles. The van der Waals surface area contributed by atoms with E-state index in [4.69, 9.17) is 4.74 Å². The third-order valence-corrected chi connectivity index (χ3v) is 5.65. The topological polar surface area (TPSA) is 102 Å². The Morgan fingerprint density at radius 1 is 1.04 bits per heavy atom. The maximum atomic E-state index is 12.2. The summed E-state index contributed by atoms with van der Waals surface area (Å²) >= 11 is 0. The van der Waals surface area contributed by atoms with Gasteiger partial charge in [-0.25, -0.2) is 13.1 Å². The minimum absolute atomic E-state index is 0.00592. The summed E-state index contributed by atoms with van der Waals surface area (Å²) in [5.41, 5.74) is 1.44. The van der Waals surface area contributed by atoms with E-state index in [0.29, 0.717) is 29.2 Å². The Kier molecular flexibility index (Phi) is 7.31. The van der Waals surface area contributed by atoms with E-state index in [1.165, 1.54) is 13.1 Å². The first-order chi connectivity index (χ1) is 13.3. The molecule has 150 valence electrons. The van der Waals surface area contributed by atoms with Gasteiger partial charge in [-0.1, -0.05) is 6.07 Å². The molecule has 0 atom stereocenters. The van der Waals surface area contributed by atoms with Crippen molar-refractivity contribution in [2.75, 3.05) is 19.0 Å². The highest BCUT2D eigenvalue weighted by atomic mass is 32.2. The molecule has 0 aromatic heterocycles. The van der Waals surface area contributed by atoms with Gasteiger partial charge in [0.05, 0.1) is 11.5 Å². The Hall–Kier alpha value is -2.71. The zero-order valence-corrected chi connectivity index (χ0v) is 16.9. The lowest BCUT2D eigenvalue weighted by molar-refractivity contribution is -0.116. The second kappa shape index (κ2) is 9.48. The molecule has 0 unspecified atom stereocenters. The van der Waals surface area contributed by atoms with Crippen LogP contribution in [0.25, 0.3) is 0 Å². The SMILES string of the molecule is CCOc1ccc(C(=O)CCC(=O)Nc2ccc(C)c(S(=O)(=O)NC)c2)cc1. The molecule has 0 heterocycles. The normalized spacial score (nSPS) is 11.1. The molecule has 0 fully saturated rings. The van der Waals surface area contributed by atoms with Crippen molar-refractivity contribution in [3.63, 3.8) is 0 Å². The van der Waals surface area contributed by atoms with Crippen molar-refractivity contribution < 1.29 is 22.7 Å². The molecular weight excluding hydrogens is 380 g/mol. The molecule has 28 heavy (non-hydrogen) atoms. The number of rotatable bonds is 9. The molecule has 1 amide bonds. The van der Waals surface area contributed by atoms with Crippen LogP contribution < -0.4 is 14.8 Å². The number of hydrogen-bond donors (Lipinski definition) is 2. The van der Waals surface area contributed by atoms with Gasteiger partial charge < -0.3 is 10.1 Å². The molecule has 0 saturated carbocycles. The summed E-state index contributed by atoms with van der Waals surface area (Å²) < 4.78 is 31.6. The molecule has 2 rings (SSSR count). The standard InChI is InChI=1S/C20H24N2O5S/c1-4-27-17-9-6-15(7-10-17)18(23)11-12-20(24)22-16-8-5-14(2)19(13-16)28(25,26)21-3/h5-10,13,21H,4,11-12H2,1-3H3,(H,22,24). The van der Waals surface area contributed by atoms with Crippen molar-refractivity contribution in [1.82, 2.24) is 4.72 Å². The van der Waals surface area contributed by atoms with Crippen LogP contribution in [0.4, 0.5) is 5.69 Å². The number of sulfonamides is 1. The van der Waals surface area contributed by atoms with Gasteiger partial charge in [-0.2, -0.15) is 0 Å². The number of benzene rings is 2. The lowest BCUT2D eigenvalue weighted by Gasteiger charge is -2.10. The van der Waals surface area contributed by atoms with Crippen molar-refractivity contribution in [1.29, 1.82) is 0 Å². The molecule has 8 heteroatoms. The minimum Gasteiger partial charge on any atom is -0.494 e. The fraction of sp³-hybridized carbons (Fsp3) is 0.300. The zero-order valence-electron chi connectivity index (χ0n) is 16.1. The smallest absolute Gasteiger partial charge is 0.240 e. The van der Waals surface area contributed by atoms with E-state index >= 15 is 0 Å². The van der Waals surface area contributed by atoms with Crippen molar-refractivity contribution in [3.05, 3.63) is 53.6 Å². The van der Waals surface area contributed by atoms with Gasteiger partial charge in [0.1, 0.15) is 5.75 Å². The van der Waals surface area contributed by atoms with Crippen molar-refractivity contribution in [2.45, 2.75) is 31.6 Å². The largest absolute Gasteiger partial charge is 0.494 e. The number of amides is 1. The number of ketones is 1. The first-order valence-corrected chi connectivity index (χ1v) is 10.3. The van der Waals surface area contributed by atoms with E-state index in [0.717, 1.165) is 0 Å². The Morgan fingerprint density at radius 2 is 1.71 bits per heavy atom. The lowest BCUT2D eigenvalue weighted by atomic mass is 10.1. The highest BCUT2D eigenvalue weighted by Gasteiger charge is 2.16. The molecule has 0 radical (unpaired) electrons. The maximum Gasteiger partial charge on any atom is 0.240 e. The maximum absolute atomic E-state index is 12.2. The van der Waals surface area contributed by atoms with Crippen LogP contribution in [-0.4, -0.2) is 33.8 Å². The molecule has 0 aliphatic carbocycles. The van der Waals surface area contributed by atoms with Crippen LogP contribution in [0.15, 0.2) is 47.4 Å². The number of hydrogen-bond acceptors (Lipinski definition) is 5. The van der Waals surface area contributed by atoms with Crippen molar-refractivity contribution >= 4 is 27.4 Å². The van der Waals surface area contributed by atoms with Crippen LogP contribution >= 0.6 is 0 Å². The highest BCUT2D eigenvalue weighted by Crippen LogP contribution is 2.20. The van der Waals surface area contributed by atoms with Gasteiger partial charge in [-0.05, 0) is 62.9 Å². The first kappa shape index (κ1) is 21.6. The summed E-state index contributed by atoms with van der Waals surface area (Å²) in [5.74, 6) is 0.167. The van der Waals surface area contributed by atoms with Gasteiger partial charge in [-0.15, -0.1) is 0 Å². The fourth-order valence-corrected chi connectivity index (χ4v) is 3.57. The van der Waals surface area contributed by atoms with Gasteiger partial charge in [-0.3, -0.25) is 9.59 Å². The predicted octanol–water partition coefficient (Wildman–Crippen LogP) is 2.90. The van der Waals surface area contributed by atoms with Crippen LogP contribution in [0.1, 0.15) is 35.7 Å². The molecule has 0 saturated heterocycles. The Labute approximate surface area is 165 Å². The van der Waals surface area contributed by atoms with E-state index in [9.17, 15) is 18.0 Å². The monoisotopic (exact) mass is 404 g/mol. The van der Waals surface area contributed by atoms with E-state index in [1.54, 1.807) is 43.3 Å². The molecule has 7 nitrogen and oxygen atoms in total. The van der Waals surface area contributed by atoms with Crippen molar-refractivity contribution in [2.24, 2.45) is 0 Å². The molecular formula is C20H24N2O5S. The summed E-state index contributed by atoms with van der Waals surface area (Å²) in [7, 11) is -2.30. The third kappa shape index (κ3) is 5.64. The van der Waals surface area contributed by atoms with Gasteiger partial charge in [0.15, 0.2) is 5.78 Å². The number of carbonyl (C=O) groups excluding carboxylic acids is 2. The van der Waals surface area contributed by atoms with E-state index in [-0.39, 0.29) is 29.4 Å². The summed E-state index contributed by atoms with van der Waals surface area (Å²) in [6.45, 7) is 4.10. The number of nitrogens with one attached hydrogen (secondary N) is 2. The number of anilines is 1. The van der Waals surface area contributed by atoms with E-state index in [2.05, 4.69) is 10.0 Å². The number of carbonyl (C=O) groups is 2. The highest BCUT2D eigenvalue weighted by molar-refractivity contribution is 7.89. The number of ether oxygens (including phenoxy) is 1. The van der Waals surface area contributed by atoms with E-state index < -0.39 is 10.0 Å². The summed E-state index contributed by atoms with van der Waals surface area (Å²) in [5, 5.41) is 2.64. The first-order valence-electron chi connectivity index (χ1n) is 8.87. The van der Waals surface area contributed by atoms with Gasteiger partial charge in [0.25, 0.3) is 0 Å². The van der Waals surface area contributed by atoms with Crippen LogP contribution in [0, 0.1) is 6.92 Å². The molecule has 2 N–H and O–H groups in total. The van der Waals surface area contributed by atoms with Gasteiger partial charge in [0, 0.05) is 24.1 Å². The lowest BCUT2D eigenvalue weighted by Crippen LogP contribution is -2.20. The summed E-state index contributed by atoms with van der Waals surface area (Å²) in [6, 6.07) is 11.4. The number of Topliss-reactive ketones (excluding diaryl/α,β-unsaturated/α-hetero) is 1. The third-order valence-electron chi connectivity index (χ3n) is 4.10. The average molecular weight is 404 g/mol. The van der Waals surface area contributed by atoms with Crippen LogP contribution in [0.2, 0.25) is 0 Å². The second-order valence-electron chi connectivity index (χ2n) is 6.12. The van der Waals surface area contributed by atoms with Gasteiger partial charge in [0.2, 0.25) is 15.9 Å². The minimum atomic E-state index is -3.62. The second-order valence-corrected chi connectivity index (χ2v) is 7.97. The van der Waals surface area contributed by atoms with Crippen LogP contribution in [0.3, 0.4) is 0 Å². The number of aryl methyl sites for hydroxylation is 1.